The number of nitrogens with one attached hydrogen (secondary N) is 2. The molecule has 0 radical (unpaired) electrons. The van der Waals surface area contributed by atoms with Gasteiger partial charge in [-0.3, -0.25) is 9.59 Å². The zero-order valence-electron chi connectivity index (χ0n) is 19.8. The Labute approximate surface area is 190 Å². The zero-order valence-corrected chi connectivity index (χ0v) is 19.8. The number of hydrogen-bond donors (Lipinski definition) is 3. The molecule has 3 N–H and O–H groups in total. The maximum absolute atomic E-state index is 12.6. The van der Waals surface area contributed by atoms with Crippen LogP contribution in [0.4, 0.5) is 4.79 Å². The first-order valence-electron chi connectivity index (χ1n) is 11.4. The number of hydrogen-bond acceptors (Lipinski definition) is 5. The lowest BCUT2D eigenvalue weighted by atomic mass is 9.74. The Morgan fingerprint density at radius 3 is 2.53 bits per heavy atom. The van der Waals surface area contributed by atoms with Gasteiger partial charge >= 0.3 is 12.1 Å². The molecule has 1 aliphatic heterocycles. The fourth-order valence-corrected chi connectivity index (χ4v) is 4.30. The van der Waals surface area contributed by atoms with Crippen LogP contribution in [0, 0.1) is 5.92 Å². The molecule has 178 valence electrons. The highest BCUT2D eigenvalue weighted by atomic mass is 16.6. The topological polar surface area (TPSA) is 108 Å². The first-order chi connectivity index (χ1) is 15.1. The number of benzene rings is 1. The summed E-state index contributed by atoms with van der Waals surface area (Å²) in [6.45, 7) is 9.14. The van der Waals surface area contributed by atoms with Crippen LogP contribution in [0.2, 0.25) is 0 Å². The molecule has 2 rings (SSSR count). The molecule has 1 aliphatic rings. The molecule has 0 aromatic heterocycles. The summed E-state index contributed by atoms with van der Waals surface area (Å²) in [5.74, 6) is -1.54. The lowest BCUT2D eigenvalue weighted by Crippen LogP contribution is -2.53. The van der Waals surface area contributed by atoms with Crippen molar-refractivity contribution in [1.29, 1.82) is 0 Å². The van der Waals surface area contributed by atoms with E-state index in [4.69, 9.17) is 9.84 Å². The van der Waals surface area contributed by atoms with Crippen LogP contribution in [0.15, 0.2) is 24.3 Å². The first kappa shape index (κ1) is 25.6. The van der Waals surface area contributed by atoms with Crippen LogP contribution in [-0.2, 0) is 15.0 Å². The van der Waals surface area contributed by atoms with Crippen molar-refractivity contribution in [3.8, 4) is 5.75 Å². The summed E-state index contributed by atoms with van der Waals surface area (Å²) >= 11 is 0. The molecule has 0 spiro atoms. The fraction of sp³-hybridized carbons (Fsp3) is 0.625. The maximum atomic E-state index is 12.6. The molecule has 3 atom stereocenters. The van der Waals surface area contributed by atoms with E-state index in [1.165, 1.54) is 13.3 Å². The average Bonchev–Trinajstić information content (AvgIpc) is 2.93. The number of likely N-dealkylation sites (tertiary alicyclic amines) is 1. The summed E-state index contributed by atoms with van der Waals surface area (Å²) in [4.78, 5) is 38.4. The number of carboxylic acids is 1. The second-order valence-electron chi connectivity index (χ2n) is 9.18. The number of carboxylic acid groups (broad SMARTS) is 1. The number of amides is 2. The van der Waals surface area contributed by atoms with Crippen LogP contribution in [0.25, 0.3) is 0 Å². The number of aliphatic carboxylic acids is 1. The van der Waals surface area contributed by atoms with Gasteiger partial charge in [-0.15, -0.1) is 0 Å². The van der Waals surface area contributed by atoms with Gasteiger partial charge in [0.15, 0.2) is 0 Å². The Hall–Kier alpha value is -2.61. The number of carbonyl (C=O) groups excluding carboxylic acids is 2. The van der Waals surface area contributed by atoms with Crippen molar-refractivity contribution >= 4 is 18.0 Å². The van der Waals surface area contributed by atoms with E-state index in [0.29, 0.717) is 5.75 Å². The molecule has 0 bridgehead atoms. The van der Waals surface area contributed by atoms with Crippen molar-refractivity contribution in [2.45, 2.75) is 70.9 Å². The molecule has 8 heteroatoms. The van der Waals surface area contributed by atoms with Gasteiger partial charge in [-0.2, -0.15) is 0 Å². The highest BCUT2D eigenvalue weighted by molar-refractivity contribution is 5.89. The third-order valence-electron chi connectivity index (χ3n) is 6.30. The smallest absolute Gasteiger partial charge is 0.413 e. The second-order valence-corrected chi connectivity index (χ2v) is 9.18. The Morgan fingerprint density at radius 1 is 1.19 bits per heavy atom. The van der Waals surface area contributed by atoms with E-state index in [1.54, 1.807) is 19.9 Å². The quantitative estimate of drug-likeness (QED) is 0.565. The van der Waals surface area contributed by atoms with E-state index in [9.17, 15) is 14.4 Å². The molecule has 1 fully saturated rings. The van der Waals surface area contributed by atoms with Gasteiger partial charge in [0.05, 0.1) is 0 Å². The van der Waals surface area contributed by atoms with Crippen molar-refractivity contribution in [2.24, 2.45) is 5.92 Å². The molecule has 0 saturated carbocycles. The van der Waals surface area contributed by atoms with Crippen LogP contribution < -0.4 is 15.4 Å². The Morgan fingerprint density at radius 2 is 1.91 bits per heavy atom. The third kappa shape index (κ3) is 6.69. The van der Waals surface area contributed by atoms with Crippen LogP contribution >= 0.6 is 0 Å². The van der Waals surface area contributed by atoms with Gasteiger partial charge in [-0.1, -0.05) is 39.3 Å². The van der Waals surface area contributed by atoms with E-state index in [1.807, 2.05) is 12.1 Å². The van der Waals surface area contributed by atoms with E-state index < -0.39 is 30.1 Å². The summed E-state index contributed by atoms with van der Waals surface area (Å²) in [6.07, 6.45) is 3.66. The van der Waals surface area contributed by atoms with Crippen molar-refractivity contribution in [2.75, 3.05) is 20.1 Å². The van der Waals surface area contributed by atoms with Crippen LogP contribution in [0.1, 0.15) is 58.9 Å². The largest absolute Gasteiger partial charge is 0.480 e. The molecule has 32 heavy (non-hydrogen) atoms. The predicted molar refractivity (Wildman–Crippen MR) is 123 cm³/mol. The lowest BCUT2D eigenvalue weighted by Gasteiger charge is -2.35. The normalized spacial score (nSPS) is 21.3. The molecule has 2 amide bonds. The first-order valence-corrected chi connectivity index (χ1v) is 11.4. The summed E-state index contributed by atoms with van der Waals surface area (Å²) in [6, 6.07) is 5.65. The minimum absolute atomic E-state index is 0.00835. The second kappa shape index (κ2) is 11.3. The van der Waals surface area contributed by atoms with E-state index in [0.717, 1.165) is 37.9 Å². The van der Waals surface area contributed by atoms with Gasteiger partial charge in [-0.25, -0.2) is 4.79 Å². The number of rotatable bonds is 8. The summed E-state index contributed by atoms with van der Waals surface area (Å²) in [5, 5.41) is 14.0. The van der Waals surface area contributed by atoms with Gasteiger partial charge in [0.1, 0.15) is 17.8 Å². The number of ether oxygens (including phenoxy) is 1. The van der Waals surface area contributed by atoms with Crippen molar-refractivity contribution in [3.63, 3.8) is 0 Å². The standard InChI is InChI=1S/C24H37N3O5/c1-6-24(12-7-8-13-27(5)15-24)18-10-9-11-19(14-18)32-23(31)26-20(16(2)3)21(28)25-17(4)22(29)30/h9-11,14,16-17,20H,6-8,12-13,15H2,1-5H3,(H,25,28)(H,26,31)(H,29,30)/t17-,20?,24?/m0/s1. The molecule has 1 saturated heterocycles. The third-order valence-corrected chi connectivity index (χ3v) is 6.30. The van der Waals surface area contributed by atoms with Crippen LogP contribution in [0.3, 0.4) is 0 Å². The Bertz CT molecular complexity index is 813. The highest BCUT2D eigenvalue weighted by Gasteiger charge is 2.33. The molecule has 1 aromatic carbocycles. The van der Waals surface area contributed by atoms with E-state index in [2.05, 4.69) is 35.6 Å². The predicted octanol–water partition coefficient (Wildman–Crippen LogP) is 3.15. The zero-order chi connectivity index (χ0) is 23.9. The van der Waals surface area contributed by atoms with Crippen LogP contribution in [-0.4, -0.2) is 60.2 Å². The van der Waals surface area contributed by atoms with Gasteiger partial charge in [0.25, 0.3) is 0 Å². The maximum Gasteiger partial charge on any atom is 0.413 e. The molecule has 2 unspecified atom stereocenters. The minimum atomic E-state index is -1.14. The molecular weight excluding hydrogens is 410 g/mol. The van der Waals surface area contributed by atoms with Crippen molar-refractivity contribution < 1.29 is 24.2 Å². The Balaban J connectivity index is 2.12. The number of carbonyl (C=O) groups is 3. The van der Waals surface area contributed by atoms with Gasteiger partial charge in [0.2, 0.25) is 5.91 Å². The van der Waals surface area contributed by atoms with Gasteiger partial charge in [-0.05, 0) is 63.4 Å². The number of likely N-dealkylation sites (N-methyl/N-ethyl adjacent to an activating group) is 1. The fourth-order valence-electron chi connectivity index (χ4n) is 4.30. The molecule has 8 nitrogen and oxygen atoms in total. The van der Waals surface area contributed by atoms with Crippen molar-refractivity contribution in [1.82, 2.24) is 15.5 Å². The van der Waals surface area contributed by atoms with Crippen molar-refractivity contribution in [3.05, 3.63) is 29.8 Å². The minimum Gasteiger partial charge on any atom is -0.480 e. The van der Waals surface area contributed by atoms with Gasteiger partial charge in [0, 0.05) is 12.0 Å². The lowest BCUT2D eigenvalue weighted by molar-refractivity contribution is -0.141. The molecule has 0 aliphatic carbocycles. The van der Waals surface area contributed by atoms with E-state index >= 15 is 0 Å². The molecular formula is C24H37N3O5. The van der Waals surface area contributed by atoms with E-state index in [-0.39, 0.29) is 11.3 Å². The Kier molecular flexibility index (Phi) is 9.07. The molecule has 1 heterocycles. The van der Waals surface area contributed by atoms with Crippen LogP contribution in [0.5, 0.6) is 5.75 Å². The summed E-state index contributed by atoms with van der Waals surface area (Å²) in [7, 11) is 2.14. The summed E-state index contributed by atoms with van der Waals surface area (Å²) < 4.78 is 5.52. The van der Waals surface area contributed by atoms with Gasteiger partial charge < -0.3 is 25.4 Å². The number of nitrogens with zero attached hydrogens (tertiary/aromatic N) is 1. The highest BCUT2D eigenvalue weighted by Crippen LogP contribution is 2.37. The molecule has 1 aromatic rings. The monoisotopic (exact) mass is 447 g/mol. The average molecular weight is 448 g/mol. The summed E-state index contributed by atoms with van der Waals surface area (Å²) in [5.41, 5.74) is 1.15. The SMILES string of the molecule is CCC1(c2cccc(OC(=O)NC(C(=O)N[C@@H](C)C(=O)O)C(C)C)c2)CCCCN(C)C1.